The van der Waals surface area contributed by atoms with Crippen molar-refractivity contribution in [3.8, 4) is 0 Å². The molecule has 0 spiro atoms. The van der Waals surface area contributed by atoms with Crippen LogP contribution in [0.5, 0.6) is 0 Å². The summed E-state index contributed by atoms with van der Waals surface area (Å²) in [4.78, 5) is 8.33. The van der Waals surface area contributed by atoms with E-state index in [0.29, 0.717) is 17.0 Å². The maximum atomic E-state index is 6.08. The zero-order chi connectivity index (χ0) is 11.4. The second-order valence-electron chi connectivity index (χ2n) is 4.24. The molecule has 0 saturated heterocycles. The minimum absolute atomic E-state index is 0.369. The molecular weight excluding hydrogens is 228 g/mol. The Hall–Kier alpha value is -0.280. The van der Waals surface area contributed by atoms with E-state index >= 15 is 0 Å². The fourth-order valence-corrected chi connectivity index (χ4v) is 2.71. The van der Waals surface area contributed by atoms with Crippen LogP contribution in [-0.2, 0) is 0 Å². The predicted molar refractivity (Wildman–Crippen MR) is 66.7 cm³/mol. The van der Waals surface area contributed by atoms with Gasteiger partial charge in [-0.2, -0.15) is 0 Å². The van der Waals surface area contributed by atoms with Crippen molar-refractivity contribution >= 4 is 23.4 Å². The maximum absolute atomic E-state index is 6.08. The van der Waals surface area contributed by atoms with Crippen LogP contribution < -0.4 is 0 Å². The first-order valence-corrected chi connectivity index (χ1v) is 6.52. The molecule has 0 aliphatic carbocycles. The van der Waals surface area contributed by atoms with Crippen molar-refractivity contribution < 1.29 is 0 Å². The molecule has 0 saturated carbocycles. The zero-order valence-electron chi connectivity index (χ0n) is 9.62. The number of hydrogen-bond donors (Lipinski definition) is 0. The second kappa shape index (κ2) is 5.71. The third-order valence-corrected chi connectivity index (χ3v) is 3.66. The van der Waals surface area contributed by atoms with Gasteiger partial charge in [0, 0.05) is 11.3 Å². The summed E-state index contributed by atoms with van der Waals surface area (Å²) in [5.74, 6) is 2.09. The summed E-state index contributed by atoms with van der Waals surface area (Å²) in [7, 11) is 0. The third-order valence-electron chi connectivity index (χ3n) is 1.93. The van der Waals surface area contributed by atoms with Crippen molar-refractivity contribution in [1.29, 1.82) is 0 Å². The highest BCUT2D eigenvalue weighted by molar-refractivity contribution is 7.99. The lowest BCUT2D eigenvalue weighted by Crippen LogP contribution is -2.00. The number of hydrogen-bond acceptors (Lipinski definition) is 3. The zero-order valence-corrected chi connectivity index (χ0v) is 11.2. The maximum Gasteiger partial charge on any atom is 0.137 e. The molecule has 0 aliphatic rings. The molecule has 2 nitrogen and oxygen atoms in total. The van der Waals surface area contributed by atoms with Gasteiger partial charge in [-0.25, -0.2) is 9.97 Å². The van der Waals surface area contributed by atoms with Gasteiger partial charge in [-0.1, -0.05) is 39.3 Å². The van der Waals surface area contributed by atoms with Gasteiger partial charge < -0.3 is 0 Å². The smallest absolute Gasteiger partial charge is 0.137 e. The van der Waals surface area contributed by atoms with Gasteiger partial charge in [0.1, 0.15) is 16.5 Å². The van der Waals surface area contributed by atoms with Crippen LogP contribution in [0.2, 0.25) is 5.15 Å². The number of aromatic nitrogens is 2. The van der Waals surface area contributed by atoms with Crippen molar-refractivity contribution in [3.63, 3.8) is 0 Å². The lowest BCUT2D eigenvalue weighted by atomic mass is 10.1. The summed E-state index contributed by atoms with van der Waals surface area (Å²) in [5, 5.41) is 1.62. The Morgan fingerprint density at radius 2 is 1.93 bits per heavy atom. The lowest BCUT2D eigenvalue weighted by Gasteiger charge is -2.12. The molecule has 0 radical (unpaired) electrons. The average molecular weight is 245 g/mol. The minimum atomic E-state index is 0.369. The summed E-state index contributed by atoms with van der Waals surface area (Å²) in [6, 6.07) is 0. The molecule has 0 bridgehead atoms. The molecule has 1 aromatic heterocycles. The first-order chi connectivity index (χ1) is 7.02. The minimum Gasteiger partial charge on any atom is -0.230 e. The molecule has 0 atom stereocenters. The van der Waals surface area contributed by atoms with Gasteiger partial charge in [-0.05, 0) is 11.8 Å². The van der Waals surface area contributed by atoms with Crippen molar-refractivity contribution in [2.75, 3.05) is 5.75 Å². The van der Waals surface area contributed by atoms with Gasteiger partial charge in [0.15, 0.2) is 0 Å². The Morgan fingerprint density at radius 1 is 1.27 bits per heavy atom. The van der Waals surface area contributed by atoms with Crippen LogP contribution in [0.1, 0.15) is 39.2 Å². The molecule has 0 fully saturated rings. The van der Waals surface area contributed by atoms with E-state index in [2.05, 4.69) is 37.7 Å². The van der Waals surface area contributed by atoms with Gasteiger partial charge in [-0.15, -0.1) is 11.8 Å². The van der Waals surface area contributed by atoms with Gasteiger partial charge in [0.2, 0.25) is 0 Å². The van der Waals surface area contributed by atoms with E-state index in [9.17, 15) is 0 Å². The molecule has 1 heterocycles. The number of nitrogens with zero attached hydrogens (tertiary/aromatic N) is 2. The monoisotopic (exact) mass is 244 g/mol. The summed E-state index contributed by atoms with van der Waals surface area (Å²) in [6.07, 6.45) is 1.54. The summed E-state index contributed by atoms with van der Waals surface area (Å²) in [6.45, 7) is 8.63. The molecule has 0 N–H and O–H groups in total. The summed E-state index contributed by atoms with van der Waals surface area (Å²) < 4.78 is 0. The van der Waals surface area contributed by atoms with Gasteiger partial charge in [0.05, 0.1) is 0 Å². The molecule has 4 heteroatoms. The van der Waals surface area contributed by atoms with E-state index < -0.39 is 0 Å². The van der Waals surface area contributed by atoms with E-state index in [4.69, 9.17) is 11.6 Å². The number of halogens is 1. The standard InChI is InChI=1S/C11H17ClN2S/c1-7(2)5-15-11-9(8(3)4)10(12)13-6-14-11/h6-8H,5H2,1-4H3. The highest BCUT2D eigenvalue weighted by atomic mass is 35.5. The molecule has 0 unspecified atom stereocenters. The Bertz CT molecular complexity index is 326. The fraction of sp³-hybridized carbons (Fsp3) is 0.636. The van der Waals surface area contributed by atoms with E-state index in [1.807, 2.05) is 0 Å². The largest absolute Gasteiger partial charge is 0.230 e. The first kappa shape index (κ1) is 12.8. The molecule has 15 heavy (non-hydrogen) atoms. The SMILES string of the molecule is CC(C)CSc1ncnc(Cl)c1C(C)C. The Morgan fingerprint density at radius 3 is 2.47 bits per heavy atom. The Balaban J connectivity index is 2.91. The van der Waals surface area contributed by atoms with Crippen LogP contribution in [0.4, 0.5) is 0 Å². The van der Waals surface area contributed by atoms with E-state index in [1.165, 1.54) is 6.33 Å². The van der Waals surface area contributed by atoms with Crippen LogP contribution in [0.3, 0.4) is 0 Å². The topological polar surface area (TPSA) is 25.8 Å². The highest BCUT2D eigenvalue weighted by Crippen LogP contribution is 2.31. The van der Waals surface area contributed by atoms with E-state index in [0.717, 1.165) is 16.3 Å². The van der Waals surface area contributed by atoms with Crippen LogP contribution in [0, 0.1) is 5.92 Å². The van der Waals surface area contributed by atoms with Gasteiger partial charge >= 0.3 is 0 Å². The fourth-order valence-electron chi connectivity index (χ4n) is 1.21. The quantitative estimate of drug-likeness (QED) is 0.591. The highest BCUT2D eigenvalue weighted by Gasteiger charge is 2.13. The number of rotatable bonds is 4. The average Bonchev–Trinajstić information content (AvgIpc) is 2.13. The molecule has 0 aromatic carbocycles. The molecular formula is C11H17ClN2S. The molecule has 1 aromatic rings. The van der Waals surface area contributed by atoms with Crippen molar-refractivity contribution in [2.45, 2.75) is 38.6 Å². The Kier molecular flexibility index (Phi) is 4.87. The molecule has 0 amide bonds. The normalized spacial score (nSPS) is 11.4. The second-order valence-corrected chi connectivity index (χ2v) is 5.61. The van der Waals surface area contributed by atoms with E-state index in [-0.39, 0.29) is 0 Å². The van der Waals surface area contributed by atoms with Crippen LogP contribution in [0.15, 0.2) is 11.4 Å². The predicted octanol–water partition coefficient (Wildman–Crippen LogP) is 4.00. The third kappa shape index (κ3) is 3.65. The van der Waals surface area contributed by atoms with Crippen molar-refractivity contribution in [3.05, 3.63) is 17.0 Å². The van der Waals surface area contributed by atoms with Crippen molar-refractivity contribution in [2.24, 2.45) is 5.92 Å². The first-order valence-electron chi connectivity index (χ1n) is 5.15. The van der Waals surface area contributed by atoms with Crippen LogP contribution in [-0.4, -0.2) is 15.7 Å². The van der Waals surface area contributed by atoms with E-state index in [1.54, 1.807) is 11.8 Å². The van der Waals surface area contributed by atoms with Crippen LogP contribution >= 0.6 is 23.4 Å². The Labute approximate surface area is 101 Å². The molecule has 0 aliphatic heterocycles. The molecule has 84 valence electrons. The van der Waals surface area contributed by atoms with Crippen LogP contribution in [0.25, 0.3) is 0 Å². The summed E-state index contributed by atoms with van der Waals surface area (Å²) >= 11 is 7.84. The number of thioether (sulfide) groups is 1. The van der Waals surface area contributed by atoms with Gasteiger partial charge in [0.25, 0.3) is 0 Å². The van der Waals surface area contributed by atoms with Crippen molar-refractivity contribution in [1.82, 2.24) is 9.97 Å². The summed E-state index contributed by atoms with van der Waals surface area (Å²) in [5.41, 5.74) is 1.07. The lowest BCUT2D eigenvalue weighted by molar-refractivity contribution is 0.746. The van der Waals surface area contributed by atoms with Gasteiger partial charge in [-0.3, -0.25) is 0 Å². The molecule has 1 rings (SSSR count).